The largest absolute Gasteiger partial charge is 0.486 e. The van der Waals surface area contributed by atoms with Gasteiger partial charge in [0.2, 0.25) is 0 Å². The number of benzene rings is 1. The van der Waals surface area contributed by atoms with Crippen molar-refractivity contribution in [2.45, 2.75) is 25.9 Å². The second-order valence-electron chi connectivity index (χ2n) is 5.03. The van der Waals surface area contributed by atoms with Crippen LogP contribution in [0.4, 0.5) is 0 Å². The number of nitrogens with one attached hydrogen (secondary N) is 1. The average molecular weight is 288 g/mol. The summed E-state index contributed by atoms with van der Waals surface area (Å²) in [6.07, 6.45) is 4.70. The van der Waals surface area contributed by atoms with Crippen LogP contribution in [-0.4, -0.2) is 23.0 Å². The Kier molecular flexibility index (Phi) is 4.08. The van der Waals surface area contributed by atoms with Crippen molar-refractivity contribution in [2.24, 2.45) is 5.84 Å². The number of ether oxygens (including phenoxy) is 2. The molecule has 0 bridgehead atoms. The Morgan fingerprint density at radius 1 is 1.33 bits per heavy atom. The minimum Gasteiger partial charge on any atom is -0.486 e. The van der Waals surface area contributed by atoms with E-state index in [1.807, 2.05) is 35.3 Å². The highest BCUT2D eigenvalue weighted by Crippen LogP contribution is 2.33. The molecule has 0 saturated heterocycles. The smallest absolute Gasteiger partial charge is 0.161 e. The molecule has 6 heteroatoms. The van der Waals surface area contributed by atoms with E-state index in [9.17, 15) is 0 Å². The zero-order valence-corrected chi connectivity index (χ0v) is 12.1. The molecule has 3 N–H and O–H groups in total. The average Bonchev–Trinajstić information content (AvgIpc) is 3.00. The zero-order valence-electron chi connectivity index (χ0n) is 12.1. The molecule has 112 valence electrons. The molecule has 1 unspecified atom stereocenters. The van der Waals surface area contributed by atoms with E-state index in [0.717, 1.165) is 35.6 Å². The Morgan fingerprint density at radius 2 is 2.14 bits per heavy atom. The lowest BCUT2D eigenvalue weighted by molar-refractivity contribution is 0.171. The van der Waals surface area contributed by atoms with Gasteiger partial charge in [-0.1, -0.05) is 6.07 Å². The summed E-state index contributed by atoms with van der Waals surface area (Å²) in [6.45, 7) is 4.11. The summed E-state index contributed by atoms with van der Waals surface area (Å²) >= 11 is 0. The normalized spacial score (nSPS) is 15.0. The summed E-state index contributed by atoms with van der Waals surface area (Å²) < 4.78 is 13.1. The van der Waals surface area contributed by atoms with Gasteiger partial charge in [-0.05, 0) is 36.6 Å². The molecule has 0 aliphatic carbocycles. The summed E-state index contributed by atoms with van der Waals surface area (Å²) in [4.78, 5) is 0. The molecule has 1 aromatic heterocycles. The van der Waals surface area contributed by atoms with Gasteiger partial charge in [0.15, 0.2) is 11.5 Å². The van der Waals surface area contributed by atoms with Crippen molar-refractivity contribution in [2.75, 3.05) is 13.2 Å². The predicted molar refractivity (Wildman–Crippen MR) is 79.1 cm³/mol. The van der Waals surface area contributed by atoms with Gasteiger partial charge in [0, 0.05) is 12.7 Å². The number of nitrogens with two attached hydrogens (primary N) is 1. The molecule has 2 aromatic rings. The van der Waals surface area contributed by atoms with Crippen LogP contribution < -0.4 is 20.7 Å². The maximum Gasteiger partial charge on any atom is 0.161 e. The van der Waals surface area contributed by atoms with Gasteiger partial charge >= 0.3 is 0 Å². The lowest BCUT2D eigenvalue weighted by atomic mass is 10.0. The van der Waals surface area contributed by atoms with Gasteiger partial charge < -0.3 is 9.47 Å². The number of hydrogen-bond donors (Lipinski definition) is 2. The van der Waals surface area contributed by atoms with Crippen LogP contribution in [0.1, 0.15) is 24.1 Å². The number of hydrogen-bond acceptors (Lipinski definition) is 5. The summed E-state index contributed by atoms with van der Waals surface area (Å²) in [5, 5.41) is 4.29. The number of fused-ring (bicyclic) bond motifs is 1. The highest BCUT2D eigenvalue weighted by molar-refractivity contribution is 5.44. The summed E-state index contributed by atoms with van der Waals surface area (Å²) in [5.74, 6) is 7.29. The van der Waals surface area contributed by atoms with Crippen LogP contribution in [0.2, 0.25) is 0 Å². The first kappa shape index (κ1) is 13.9. The lowest BCUT2D eigenvalue weighted by Gasteiger charge is -2.21. The second kappa shape index (κ2) is 6.15. The molecule has 0 amide bonds. The maximum absolute atomic E-state index is 5.72. The molecule has 0 spiro atoms. The summed E-state index contributed by atoms with van der Waals surface area (Å²) in [5.41, 5.74) is 5.09. The fourth-order valence-corrected chi connectivity index (χ4v) is 2.47. The number of hydrazine groups is 1. The van der Waals surface area contributed by atoms with E-state index in [0.29, 0.717) is 13.2 Å². The summed E-state index contributed by atoms with van der Waals surface area (Å²) in [6, 6.07) is 5.95. The Morgan fingerprint density at radius 3 is 2.86 bits per heavy atom. The second-order valence-corrected chi connectivity index (χ2v) is 5.03. The first-order valence-corrected chi connectivity index (χ1v) is 7.17. The monoisotopic (exact) mass is 288 g/mol. The van der Waals surface area contributed by atoms with Crippen molar-refractivity contribution >= 4 is 0 Å². The van der Waals surface area contributed by atoms with E-state index in [2.05, 4.69) is 17.4 Å². The molecule has 1 aliphatic heterocycles. The molecule has 2 heterocycles. The minimum atomic E-state index is 0.00957. The quantitative estimate of drug-likeness (QED) is 0.643. The van der Waals surface area contributed by atoms with E-state index < -0.39 is 0 Å². The maximum atomic E-state index is 5.72. The molecule has 1 aliphatic rings. The van der Waals surface area contributed by atoms with Gasteiger partial charge in [-0.2, -0.15) is 5.10 Å². The van der Waals surface area contributed by atoms with Crippen molar-refractivity contribution in [1.29, 1.82) is 0 Å². The fraction of sp³-hybridized carbons (Fsp3) is 0.400. The highest BCUT2D eigenvalue weighted by Gasteiger charge is 2.17. The van der Waals surface area contributed by atoms with Crippen molar-refractivity contribution in [3.8, 4) is 11.5 Å². The van der Waals surface area contributed by atoms with Crippen LogP contribution in [0.3, 0.4) is 0 Å². The highest BCUT2D eigenvalue weighted by atomic mass is 16.6. The molecule has 1 atom stereocenters. The van der Waals surface area contributed by atoms with Crippen LogP contribution in [0, 0.1) is 0 Å². The molecule has 1 aromatic carbocycles. The third-order valence-electron chi connectivity index (χ3n) is 3.62. The van der Waals surface area contributed by atoms with Gasteiger partial charge in [-0.25, -0.2) is 0 Å². The van der Waals surface area contributed by atoms with Crippen molar-refractivity contribution in [3.05, 3.63) is 41.7 Å². The Balaban J connectivity index is 1.79. The Bertz CT molecular complexity index is 611. The predicted octanol–water partition coefficient (Wildman–Crippen LogP) is 1.42. The molecule has 3 rings (SSSR count). The Hall–Kier alpha value is -2.05. The lowest BCUT2D eigenvalue weighted by Crippen LogP contribution is -2.29. The van der Waals surface area contributed by atoms with Gasteiger partial charge in [-0.3, -0.25) is 16.0 Å². The topological polar surface area (TPSA) is 74.3 Å². The van der Waals surface area contributed by atoms with Crippen LogP contribution in [0.15, 0.2) is 30.6 Å². The molecular weight excluding hydrogens is 268 g/mol. The number of rotatable bonds is 5. The van der Waals surface area contributed by atoms with Crippen LogP contribution in [-0.2, 0) is 13.0 Å². The minimum absolute atomic E-state index is 0.00957. The SMILES string of the molecule is CCn1cc(CC(NN)c2ccc3c(c2)OCCO3)cn1. The third kappa shape index (κ3) is 3.01. The zero-order chi connectivity index (χ0) is 14.7. The molecular formula is C15H20N4O2. The summed E-state index contributed by atoms with van der Waals surface area (Å²) in [7, 11) is 0. The van der Waals surface area contributed by atoms with Gasteiger partial charge in [-0.15, -0.1) is 0 Å². The Labute approximate surface area is 123 Å². The molecule has 0 saturated carbocycles. The number of aryl methyl sites for hydroxylation is 1. The van der Waals surface area contributed by atoms with Crippen LogP contribution in [0.5, 0.6) is 11.5 Å². The molecule has 0 radical (unpaired) electrons. The van der Waals surface area contributed by atoms with Gasteiger partial charge in [0.1, 0.15) is 13.2 Å². The fourth-order valence-electron chi connectivity index (χ4n) is 2.47. The van der Waals surface area contributed by atoms with Gasteiger partial charge in [0.25, 0.3) is 0 Å². The molecule has 0 fully saturated rings. The first-order chi connectivity index (χ1) is 10.3. The van der Waals surface area contributed by atoms with Gasteiger partial charge in [0.05, 0.1) is 12.2 Å². The van der Waals surface area contributed by atoms with Crippen molar-refractivity contribution in [1.82, 2.24) is 15.2 Å². The number of nitrogens with zero attached hydrogens (tertiary/aromatic N) is 2. The number of aromatic nitrogens is 2. The van der Waals surface area contributed by atoms with Crippen LogP contribution >= 0.6 is 0 Å². The van der Waals surface area contributed by atoms with Crippen LogP contribution in [0.25, 0.3) is 0 Å². The van der Waals surface area contributed by atoms with Crippen molar-refractivity contribution < 1.29 is 9.47 Å². The third-order valence-corrected chi connectivity index (χ3v) is 3.62. The molecule has 21 heavy (non-hydrogen) atoms. The van der Waals surface area contributed by atoms with Crippen molar-refractivity contribution in [3.63, 3.8) is 0 Å². The van der Waals surface area contributed by atoms with E-state index in [4.69, 9.17) is 15.3 Å². The standard InChI is InChI=1S/C15H20N4O2/c1-2-19-10-11(9-17-19)7-13(18-16)12-3-4-14-15(8-12)21-6-5-20-14/h3-4,8-10,13,18H,2,5-7,16H2,1H3. The molecule has 6 nitrogen and oxygen atoms in total. The van der Waals surface area contributed by atoms with E-state index in [1.165, 1.54) is 0 Å². The van der Waals surface area contributed by atoms with E-state index in [-0.39, 0.29) is 6.04 Å². The van der Waals surface area contributed by atoms with E-state index in [1.54, 1.807) is 0 Å². The van der Waals surface area contributed by atoms with E-state index >= 15 is 0 Å². The first-order valence-electron chi connectivity index (χ1n) is 7.17.